The molecule has 3 N–H and O–H groups in total. The molecule has 2 aromatic heterocycles. The van der Waals surface area contributed by atoms with Gasteiger partial charge in [0.2, 0.25) is 0 Å². The average Bonchev–Trinajstić information content (AvgIpc) is 3.34. The summed E-state index contributed by atoms with van der Waals surface area (Å²) in [6.45, 7) is 5.87. The number of hydrogen-bond acceptors (Lipinski definition) is 5. The first-order valence-corrected chi connectivity index (χ1v) is 8.97. The van der Waals surface area contributed by atoms with Gasteiger partial charge in [0, 0.05) is 48.4 Å². The molecule has 128 valence electrons. The molecule has 2 aliphatic carbocycles. The number of nitrogens with one attached hydrogen (secondary N) is 1. The van der Waals surface area contributed by atoms with E-state index in [0.717, 1.165) is 43.3 Å². The fourth-order valence-electron chi connectivity index (χ4n) is 3.29. The maximum Gasteiger partial charge on any atom is 0.134 e. The molecule has 0 aliphatic heterocycles. The second-order valence-electron chi connectivity index (χ2n) is 7.27. The zero-order valence-corrected chi connectivity index (χ0v) is 14.5. The molecule has 0 aromatic carbocycles. The first-order valence-electron chi connectivity index (χ1n) is 8.97. The number of nitrogens with two attached hydrogens (primary N) is 1. The van der Waals surface area contributed by atoms with E-state index < -0.39 is 0 Å². The van der Waals surface area contributed by atoms with Crippen molar-refractivity contribution in [2.24, 2.45) is 5.73 Å². The quantitative estimate of drug-likeness (QED) is 0.852. The van der Waals surface area contributed by atoms with Crippen LogP contribution in [0, 0.1) is 13.8 Å². The monoisotopic (exact) mass is 326 g/mol. The van der Waals surface area contributed by atoms with Gasteiger partial charge in [-0.1, -0.05) is 0 Å². The average molecular weight is 326 g/mol. The second-order valence-corrected chi connectivity index (χ2v) is 7.27. The van der Waals surface area contributed by atoms with Crippen LogP contribution in [0.1, 0.15) is 60.4 Å². The highest BCUT2D eigenvalue weighted by Crippen LogP contribution is 2.41. The topological polar surface area (TPSA) is 81.7 Å². The van der Waals surface area contributed by atoms with Gasteiger partial charge in [0.1, 0.15) is 11.6 Å². The molecule has 0 amide bonds. The van der Waals surface area contributed by atoms with Crippen molar-refractivity contribution in [3.63, 3.8) is 0 Å². The summed E-state index contributed by atoms with van der Waals surface area (Å²) in [6, 6.07) is 2.47. The van der Waals surface area contributed by atoms with Gasteiger partial charge in [-0.2, -0.15) is 0 Å². The minimum atomic E-state index is 0.346. The summed E-state index contributed by atoms with van der Waals surface area (Å²) < 4.78 is 2.18. The van der Waals surface area contributed by atoms with Crippen LogP contribution >= 0.6 is 0 Å². The molecule has 0 spiro atoms. The maximum absolute atomic E-state index is 5.95. The lowest BCUT2D eigenvalue weighted by molar-refractivity contribution is 0.344. The van der Waals surface area contributed by atoms with E-state index in [4.69, 9.17) is 15.7 Å². The predicted octanol–water partition coefficient (Wildman–Crippen LogP) is 2.48. The van der Waals surface area contributed by atoms with Crippen LogP contribution in [0.5, 0.6) is 0 Å². The standard InChI is InChI=1S/C18H26N6/c1-11-12(2)24(10-21-11)6-5-20-17-9-16(14-7-15(19)8-14)22-18(23-17)13-3-4-13/h9-10,13-15H,3-8,19H2,1-2H3,(H,20,22,23). The molecule has 0 radical (unpaired) electrons. The summed E-state index contributed by atoms with van der Waals surface area (Å²) in [7, 11) is 0. The van der Waals surface area contributed by atoms with Crippen LogP contribution in [0.25, 0.3) is 0 Å². The third kappa shape index (κ3) is 3.15. The molecular formula is C18H26N6. The van der Waals surface area contributed by atoms with Crippen molar-refractivity contribution in [2.45, 2.75) is 64.0 Å². The lowest BCUT2D eigenvalue weighted by Gasteiger charge is -2.32. The number of aryl methyl sites for hydroxylation is 1. The van der Waals surface area contributed by atoms with Gasteiger partial charge in [-0.15, -0.1) is 0 Å². The number of aromatic nitrogens is 4. The Morgan fingerprint density at radius 2 is 2.00 bits per heavy atom. The molecule has 0 unspecified atom stereocenters. The van der Waals surface area contributed by atoms with Crippen molar-refractivity contribution in [2.75, 3.05) is 11.9 Å². The molecular weight excluding hydrogens is 300 g/mol. The number of rotatable bonds is 6. The van der Waals surface area contributed by atoms with Crippen LogP contribution < -0.4 is 11.1 Å². The molecule has 2 fully saturated rings. The van der Waals surface area contributed by atoms with Gasteiger partial charge in [0.25, 0.3) is 0 Å². The van der Waals surface area contributed by atoms with Crippen molar-refractivity contribution in [1.82, 2.24) is 19.5 Å². The Morgan fingerprint density at radius 3 is 2.62 bits per heavy atom. The van der Waals surface area contributed by atoms with E-state index in [1.807, 2.05) is 13.3 Å². The van der Waals surface area contributed by atoms with Gasteiger partial charge in [0.05, 0.1) is 12.0 Å². The van der Waals surface area contributed by atoms with E-state index >= 15 is 0 Å². The Labute approximate surface area is 142 Å². The summed E-state index contributed by atoms with van der Waals surface area (Å²) >= 11 is 0. The zero-order chi connectivity index (χ0) is 16.7. The Balaban J connectivity index is 1.44. The Kier molecular flexibility index (Phi) is 4.00. The normalized spacial score (nSPS) is 23.1. The van der Waals surface area contributed by atoms with Gasteiger partial charge >= 0.3 is 0 Å². The smallest absolute Gasteiger partial charge is 0.134 e. The molecule has 2 aliphatic rings. The molecule has 0 atom stereocenters. The third-order valence-electron chi connectivity index (χ3n) is 5.30. The molecule has 2 saturated carbocycles. The van der Waals surface area contributed by atoms with Crippen molar-refractivity contribution in [3.05, 3.63) is 35.3 Å². The van der Waals surface area contributed by atoms with Crippen LogP contribution in [0.2, 0.25) is 0 Å². The first-order chi connectivity index (χ1) is 11.6. The largest absolute Gasteiger partial charge is 0.368 e. The molecule has 6 nitrogen and oxygen atoms in total. The number of hydrogen-bond donors (Lipinski definition) is 2. The highest BCUT2D eigenvalue weighted by atomic mass is 15.1. The third-order valence-corrected chi connectivity index (χ3v) is 5.30. The van der Waals surface area contributed by atoms with Crippen LogP contribution in [0.3, 0.4) is 0 Å². The Hall–Kier alpha value is -1.95. The van der Waals surface area contributed by atoms with Crippen LogP contribution in [0.4, 0.5) is 5.82 Å². The van der Waals surface area contributed by atoms with Gasteiger partial charge < -0.3 is 15.6 Å². The SMILES string of the molecule is Cc1ncn(CCNc2cc(C3CC(N)C3)nc(C3CC3)n2)c1C. The summed E-state index contributed by atoms with van der Waals surface area (Å²) in [4.78, 5) is 13.9. The summed E-state index contributed by atoms with van der Waals surface area (Å²) in [5.74, 6) is 3.05. The van der Waals surface area contributed by atoms with Crippen molar-refractivity contribution >= 4 is 5.82 Å². The molecule has 0 bridgehead atoms. The first kappa shape index (κ1) is 15.6. The molecule has 6 heteroatoms. The lowest BCUT2D eigenvalue weighted by Crippen LogP contribution is -2.35. The van der Waals surface area contributed by atoms with Crippen LogP contribution in [-0.4, -0.2) is 32.1 Å². The van der Waals surface area contributed by atoms with E-state index in [1.54, 1.807) is 0 Å². The lowest BCUT2D eigenvalue weighted by atomic mass is 9.78. The highest BCUT2D eigenvalue weighted by Gasteiger charge is 2.32. The van der Waals surface area contributed by atoms with Crippen LogP contribution in [0.15, 0.2) is 12.4 Å². The molecule has 2 aromatic rings. The van der Waals surface area contributed by atoms with Gasteiger partial charge in [-0.3, -0.25) is 0 Å². The van der Waals surface area contributed by atoms with E-state index in [0.29, 0.717) is 17.9 Å². The van der Waals surface area contributed by atoms with Crippen molar-refractivity contribution < 1.29 is 0 Å². The van der Waals surface area contributed by atoms with Gasteiger partial charge in [0.15, 0.2) is 0 Å². The van der Waals surface area contributed by atoms with Crippen molar-refractivity contribution in [3.8, 4) is 0 Å². The van der Waals surface area contributed by atoms with Crippen molar-refractivity contribution in [1.29, 1.82) is 0 Å². The minimum Gasteiger partial charge on any atom is -0.368 e. The minimum absolute atomic E-state index is 0.346. The van der Waals surface area contributed by atoms with Crippen LogP contribution in [-0.2, 0) is 6.54 Å². The summed E-state index contributed by atoms with van der Waals surface area (Å²) in [6.07, 6.45) is 6.45. The highest BCUT2D eigenvalue weighted by molar-refractivity contribution is 5.38. The predicted molar refractivity (Wildman–Crippen MR) is 94.1 cm³/mol. The summed E-state index contributed by atoms with van der Waals surface area (Å²) in [5.41, 5.74) is 9.44. The fourth-order valence-corrected chi connectivity index (χ4v) is 3.29. The van der Waals surface area contributed by atoms with E-state index in [-0.39, 0.29) is 0 Å². The molecule has 4 rings (SSSR count). The number of imidazole rings is 1. The second kappa shape index (κ2) is 6.16. The Bertz CT molecular complexity index is 727. The molecule has 24 heavy (non-hydrogen) atoms. The zero-order valence-electron chi connectivity index (χ0n) is 14.5. The van der Waals surface area contributed by atoms with E-state index in [9.17, 15) is 0 Å². The summed E-state index contributed by atoms with van der Waals surface area (Å²) in [5, 5.41) is 3.48. The van der Waals surface area contributed by atoms with E-state index in [1.165, 1.54) is 24.2 Å². The maximum atomic E-state index is 5.95. The van der Waals surface area contributed by atoms with E-state index in [2.05, 4.69) is 27.9 Å². The fraction of sp³-hybridized carbons (Fsp3) is 0.611. The molecule has 2 heterocycles. The van der Waals surface area contributed by atoms with Gasteiger partial charge in [-0.25, -0.2) is 15.0 Å². The Morgan fingerprint density at radius 1 is 1.21 bits per heavy atom. The number of nitrogens with zero attached hydrogens (tertiary/aromatic N) is 4. The molecule has 0 saturated heterocycles. The number of anilines is 1. The van der Waals surface area contributed by atoms with Gasteiger partial charge in [-0.05, 0) is 39.5 Å².